The van der Waals surface area contributed by atoms with Crippen molar-refractivity contribution in [2.45, 2.75) is 274 Å². The molecule has 12 amide bonds. The molecule has 0 aromatic rings. The highest BCUT2D eigenvalue weighted by molar-refractivity contribution is 6.01. The molecule has 4 aliphatic carbocycles. The topological polar surface area (TPSA) is 289 Å². The fourth-order valence-corrected chi connectivity index (χ4v) is 17.6. The Hall–Kier alpha value is -6.79. The van der Waals surface area contributed by atoms with Crippen molar-refractivity contribution in [3.63, 3.8) is 0 Å². The summed E-state index contributed by atoms with van der Waals surface area (Å²) in [4.78, 5) is 194. The summed E-state index contributed by atoms with van der Waals surface area (Å²) < 4.78 is 84.5. The highest BCUT2D eigenvalue weighted by atomic mass is 19.4. The van der Waals surface area contributed by atoms with E-state index < -0.39 is 205 Å². The maximum absolute atomic E-state index is 15.8. The largest absolute Gasteiger partial charge is 0.397 e. The minimum atomic E-state index is -5.17. The van der Waals surface area contributed by atoms with Gasteiger partial charge in [-0.05, 0) is 114 Å². The second kappa shape index (κ2) is 37.1. The molecule has 4 heterocycles. The van der Waals surface area contributed by atoms with Crippen molar-refractivity contribution in [3.8, 4) is 0 Å². The van der Waals surface area contributed by atoms with Gasteiger partial charge >= 0.3 is 6.18 Å². The van der Waals surface area contributed by atoms with Crippen molar-refractivity contribution in [1.82, 2.24) is 60.0 Å². The third kappa shape index (κ3) is 19.8. The second-order valence-corrected chi connectivity index (χ2v) is 32.1. The smallest absolute Gasteiger partial charge is 0.378 e. The first-order valence-electron chi connectivity index (χ1n) is 39.0. The molecule has 4 aliphatic heterocycles. The molecule has 26 nitrogen and oxygen atoms in total. The van der Waals surface area contributed by atoms with Gasteiger partial charge in [-0.25, -0.2) is 8.78 Å². The molecule has 8 fully saturated rings. The van der Waals surface area contributed by atoms with Crippen molar-refractivity contribution in [1.29, 1.82) is 0 Å². The molecule has 4 saturated heterocycles. The molecule has 0 aromatic carbocycles. The Bertz CT molecular complexity index is 3120. The van der Waals surface area contributed by atoms with E-state index in [1.807, 2.05) is 20.8 Å². The maximum atomic E-state index is 15.8. The molecule has 13 atom stereocenters. The van der Waals surface area contributed by atoms with Gasteiger partial charge in [-0.3, -0.25) is 57.5 Å². The number of carbonyl (C=O) groups excluding carboxylic acids is 12. The quantitative estimate of drug-likeness (QED) is 0.201. The summed E-state index contributed by atoms with van der Waals surface area (Å²) in [7, 11) is 8.50. The molecule has 3 N–H and O–H groups in total. The van der Waals surface area contributed by atoms with Crippen LogP contribution in [0.2, 0.25) is 0 Å². The summed E-state index contributed by atoms with van der Waals surface area (Å²) in [6, 6.07) is -11.7. The zero-order valence-corrected chi connectivity index (χ0v) is 64.4. The number of nitrogens with one attached hydrogen (secondary N) is 3. The van der Waals surface area contributed by atoms with E-state index in [-0.39, 0.29) is 109 Å². The molecule has 8 rings (SSSR count). The number of hydrogen-bond acceptors (Lipinski definition) is 14. The summed E-state index contributed by atoms with van der Waals surface area (Å²) in [5.41, 5.74) is -1.68. The molecule has 2 unspecified atom stereocenters. The zero-order valence-electron chi connectivity index (χ0n) is 64.4. The number of nitrogens with zero attached hydrogens (tertiary/aromatic N) is 9. The van der Waals surface area contributed by atoms with Crippen LogP contribution in [0, 0.1) is 35.5 Å². The van der Waals surface area contributed by atoms with Crippen LogP contribution in [0.1, 0.15) is 189 Å². The minimum absolute atomic E-state index is 0.0243. The Labute approximate surface area is 621 Å². The Kier molecular flexibility index (Phi) is 29.7. The average Bonchev–Trinajstić information content (AvgIpc) is 1.59. The molecule has 0 bridgehead atoms. The lowest BCUT2D eigenvalue weighted by atomic mass is 9.76. The van der Waals surface area contributed by atoms with E-state index >= 15 is 47.1 Å². The van der Waals surface area contributed by atoms with Crippen LogP contribution in [-0.2, 0) is 67.0 Å². The monoisotopic (exact) mass is 1510 g/mol. The summed E-state index contributed by atoms with van der Waals surface area (Å²) in [5.74, 6) is -13.4. The molecular weight excluding hydrogens is 1390 g/mol. The predicted octanol–water partition coefficient (Wildman–Crippen LogP) is 5.17. The first-order valence-corrected chi connectivity index (χ1v) is 39.0. The molecule has 8 aliphatic rings. The number of fused-ring (bicyclic) bond motifs is 2. The Morgan fingerprint density at radius 1 is 0.632 bits per heavy atom. The van der Waals surface area contributed by atoms with Gasteiger partial charge in [0.1, 0.15) is 78.2 Å². The van der Waals surface area contributed by atoms with E-state index in [0.717, 1.165) is 37.0 Å². The molecule has 31 heteroatoms. The van der Waals surface area contributed by atoms with Gasteiger partial charge in [0.25, 0.3) is 0 Å². The van der Waals surface area contributed by atoms with Gasteiger partial charge in [0.15, 0.2) is 0 Å². The number of ether oxygens (including phenoxy) is 2. The van der Waals surface area contributed by atoms with Crippen molar-refractivity contribution in [2.24, 2.45) is 35.5 Å². The fourth-order valence-electron chi connectivity index (χ4n) is 17.6. The summed E-state index contributed by atoms with van der Waals surface area (Å²) in [6.07, 6.45) is -5.42. The maximum Gasteiger partial charge on any atom is 0.397 e. The number of amides is 12. The van der Waals surface area contributed by atoms with Crippen molar-refractivity contribution >= 4 is 70.9 Å². The van der Waals surface area contributed by atoms with Crippen LogP contribution in [0.15, 0.2) is 0 Å². The van der Waals surface area contributed by atoms with Gasteiger partial charge in [0.05, 0.1) is 32.3 Å². The van der Waals surface area contributed by atoms with Crippen molar-refractivity contribution < 1.29 is 89.0 Å². The standard InChI is InChI=1S/C75H119F5N12O14/c1-13-45(5)62-71(102)85(8)46(6)66(97)91-31-28-54(91)69(100)87(10)57(39-47-22-16-15-17-23-47)68(99)84(7)43-59(93)81-53(27-26-48-37-51(76)61(52(77)38-48)75(78,79)80)67(98)92-42-50(106-14-2)40-56(92)65(96)83-74(29-20-21-30-74)73(104)89(12)63(49-24-18-19-25-49)72(103)88(11)58(70(101)90-32-34-105-35-33-90)41-60(94)86(9)55(36-44(3)4)64(95)82-62/h44-58,61-63H,13-43H2,1-12H3,(H,81,93)(H,82,95)(H,83,96)/t45-,46-,48?,50+,51?,52?,53-,54-,55-,56-,57-,58-,61?,62-,63-/m0/s1. The summed E-state index contributed by atoms with van der Waals surface area (Å²) >= 11 is 0. The van der Waals surface area contributed by atoms with E-state index in [4.69, 9.17) is 9.47 Å². The van der Waals surface area contributed by atoms with Crippen LogP contribution in [0.3, 0.4) is 0 Å². The van der Waals surface area contributed by atoms with Crippen LogP contribution < -0.4 is 16.0 Å². The number of halogens is 5. The lowest BCUT2D eigenvalue weighted by Crippen LogP contribution is -2.65. The zero-order chi connectivity index (χ0) is 78.0. The van der Waals surface area contributed by atoms with Crippen LogP contribution in [-0.4, -0.2) is 294 Å². The molecular formula is C75H119F5N12O14. The third-order valence-corrected chi connectivity index (χ3v) is 24.5. The van der Waals surface area contributed by atoms with E-state index in [0.29, 0.717) is 44.9 Å². The molecule has 106 heavy (non-hydrogen) atoms. The van der Waals surface area contributed by atoms with Gasteiger partial charge in [-0.2, -0.15) is 13.2 Å². The van der Waals surface area contributed by atoms with E-state index in [9.17, 15) is 32.3 Å². The summed E-state index contributed by atoms with van der Waals surface area (Å²) in [6.45, 7) is 10.4. The van der Waals surface area contributed by atoms with Crippen LogP contribution in [0.5, 0.6) is 0 Å². The first-order chi connectivity index (χ1) is 50.0. The van der Waals surface area contributed by atoms with Crippen molar-refractivity contribution in [2.75, 3.05) is 94.8 Å². The van der Waals surface area contributed by atoms with E-state index in [1.54, 1.807) is 13.8 Å². The Balaban J connectivity index is 1.20. The van der Waals surface area contributed by atoms with Gasteiger partial charge in [0.2, 0.25) is 70.9 Å². The lowest BCUT2D eigenvalue weighted by Gasteiger charge is -2.45. The average molecular weight is 1510 g/mol. The first kappa shape index (κ1) is 84.8. The number of alkyl halides is 5. The Morgan fingerprint density at radius 2 is 1.25 bits per heavy atom. The van der Waals surface area contributed by atoms with Crippen LogP contribution in [0.4, 0.5) is 22.0 Å². The summed E-state index contributed by atoms with van der Waals surface area (Å²) in [5, 5.41) is 8.68. The number of carbonyl (C=O) groups is 12. The second-order valence-electron chi connectivity index (χ2n) is 32.1. The van der Waals surface area contributed by atoms with Gasteiger partial charge in [0, 0.05) is 81.5 Å². The molecule has 0 radical (unpaired) electrons. The van der Waals surface area contributed by atoms with E-state index in [1.165, 1.54) is 88.4 Å². The third-order valence-electron chi connectivity index (χ3n) is 24.5. The minimum Gasteiger partial charge on any atom is -0.378 e. The number of morpholine rings is 1. The van der Waals surface area contributed by atoms with Crippen molar-refractivity contribution in [3.05, 3.63) is 0 Å². The molecule has 598 valence electrons. The van der Waals surface area contributed by atoms with Gasteiger partial charge in [-0.1, -0.05) is 91.9 Å². The number of rotatable bonds is 13. The fraction of sp³-hybridized carbons (Fsp3) is 0.840. The highest BCUT2D eigenvalue weighted by Gasteiger charge is 2.56. The van der Waals surface area contributed by atoms with Crippen LogP contribution >= 0.6 is 0 Å². The van der Waals surface area contributed by atoms with Crippen LogP contribution in [0.25, 0.3) is 0 Å². The highest BCUT2D eigenvalue weighted by Crippen LogP contribution is 2.45. The molecule has 4 saturated carbocycles. The number of hydrogen-bond donors (Lipinski definition) is 3. The lowest BCUT2D eigenvalue weighted by molar-refractivity contribution is -0.219. The van der Waals surface area contributed by atoms with Gasteiger partial charge in [-0.15, -0.1) is 0 Å². The van der Waals surface area contributed by atoms with E-state index in [2.05, 4.69) is 16.0 Å². The Morgan fingerprint density at radius 3 is 1.83 bits per heavy atom. The van der Waals surface area contributed by atoms with Gasteiger partial charge < -0.3 is 69.5 Å². The SMILES string of the molecule is CCO[C@@H]1C[C@H]2C(=O)NC3(CCCC3)C(=O)N(C)[C@@H](C3CCCC3)C(=O)N(C)[C@H](C(=O)N3CCOCC3)CC(=O)N(C)[C@@H](CC(C)C)C(=O)N[C@@H]([C@@H](C)CC)C(=O)N(C)[C@@H](C)C(=O)N3CC[C@H]3C(=O)N(C)[C@@H](CC3CCCCC3)C(=O)N(C)CC(=O)N[C@@H](CCC3CC(F)C(C(F)(F)F)C(F)C3)C(=O)N2C1. The normalized spacial score (nSPS) is 32.2. The number of likely N-dealkylation sites (N-methyl/N-ethyl adjacent to an activating group) is 6. The predicted molar refractivity (Wildman–Crippen MR) is 380 cm³/mol. The molecule has 0 aromatic heterocycles. The molecule has 1 spiro atoms.